The summed E-state index contributed by atoms with van der Waals surface area (Å²) in [6.07, 6.45) is 9.95. The van der Waals surface area contributed by atoms with Crippen molar-refractivity contribution >= 4 is 11.8 Å². The zero-order valence-electron chi connectivity index (χ0n) is 22.5. The lowest BCUT2D eigenvalue weighted by molar-refractivity contribution is -0.202. The molecule has 190 valence electrons. The highest BCUT2D eigenvalue weighted by atomic mass is 16.4. The topological polar surface area (TPSA) is 74.6 Å². The minimum Gasteiger partial charge on any atom is -0.481 e. The molecule has 2 N–H and O–H groups in total. The van der Waals surface area contributed by atoms with Crippen molar-refractivity contribution in [1.29, 1.82) is 0 Å². The highest BCUT2D eigenvalue weighted by Gasteiger charge is 2.70. The highest BCUT2D eigenvalue weighted by molar-refractivity contribution is 5.95. The quantitative estimate of drug-likeness (QED) is 0.464. The summed E-state index contributed by atoms with van der Waals surface area (Å²) in [4.78, 5) is 26.4. The number of fused-ring (bicyclic) bond motifs is 7. The molecule has 5 rings (SSSR count). The fourth-order valence-corrected chi connectivity index (χ4v) is 10.4. The molecule has 0 aromatic heterocycles. The van der Waals surface area contributed by atoms with Gasteiger partial charge < -0.3 is 10.2 Å². The summed E-state index contributed by atoms with van der Waals surface area (Å²) < 4.78 is 0. The molecular formula is C30H46O4. The average molecular weight is 471 g/mol. The van der Waals surface area contributed by atoms with Gasteiger partial charge in [0, 0.05) is 5.92 Å². The number of allylic oxidation sites excluding steroid dienone is 2. The van der Waals surface area contributed by atoms with Crippen molar-refractivity contribution in [3.63, 3.8) is 0 Å². The minimum atomic E-state index is -0.711. The molecule has 1 unspecified atom stereocenters. The largest absolute Gasteiger partial charge is 0.481 e. The number of aliphatic hydroxyl groups excluding tert-OH is 1. The van der Waals surface area contributed by atoms with Gasteiger partial charge in [0.1, 0.15) is 0 Å². The van der Waals surface area contributed by atoms with Gasteiger partial charge in [-0.3, -0.25) is 9.59 Å². The number of rotatable bonds is 1. The molecule has 0 spiro atoms. The van der Waals surface area contributed by atoms with Gasteiger partial charge in [-0.15, -0.1) is 0 Å². The minimum absolute atomic E-state index is 0.0296. The standard InChI is InChI=1S/C30H46O4/c1-25(2)21-8-11-30(7)23(28(21,5)10-9-22(25)32)20(31)16-18-19-17-27(4,24(33)34)13-12-26(19,3)14-15-29(18,30)6/h16,19,21-23,32H,8-15,17H2,1-7H3,(H,33,34)/t19-,21+,22+,23-,26-,27?,28+,29-,30-/m1/s1. The van der Waals surface area contributed by atoms with E-state index in [-0.39, 0.29) is 50.8 Å². The maximum absolute atomic E-state index is 14.2. The molecule has 5 aliphatic carbocycles. The molecule has 0 aromatic rings. The van der Waals surface area contributed by atoms with Crippen molar-refractivity contribution in [2.24, 2.45) is 50.2 Å². The molecule has 0 radical (unpaired) electrons. The van der Waals surface area contributed by atoms with Crippen molar-refractivity contribution in [3.8, 4) is 0 Å². The van der Waals surface area contributed by atoms with Crippen LogP contribution in [0.25, 0.3) is 0 Å². The molecule has 5 aliphatic rings. The van der Waals surface area contributed by atoms with Crippen molar-refractivity contribution in [3.05, 3.63) is 11.6 Å². The summed E-state index contributed by atoms with van der Waals surface area (Å²) in [6, 6.07) is 0. The van der Waals surface area contributed by atoms with Gasteiger partial charge in [0.15, 0.2) is 5.78 Å². The van der Waals surface area contributed by atoms with Crippen LogP contribution in [-0.4, -0.2) is 28.1 Å². The maximum Gasteiger partial charge on any atom is 0.309 e. The second-order valence-electron chi connectivity index (χ2n) is 14.9. The van der Waals surface area contributed by atoms with Crippen LogP contribution in [0, 0.1) is 50.2 Å². The summed E-state index contributed by atoms with van der Waals surface area (Å²) >= 11 is 0. The number of hydrogen-bond acceptors (Lipinski definition) is 3. The lowest BCUT2D eigenvalue weighted by Crippen LogP contribution is -2.66. The third-order valence-corrected chi connectivity index (χ3v) is 13.1. The molecule has 34 heavy (non-hydrogen) atoms. The first-order chi connectivity index (χ1) is 15.6. The van der Waals surface area contributed by atoms with Gasteiger partial charge in [-0.05, 0) is 110 Å². The van der Waals surface area contributed by atoms with Gasteiger partial charge in [-0.2, -0.15) is 0 Å². The van der Waals surface area contributed by atoms with Crippen LogP contribution < -0.4 is 0 Å². The number of carboxylic acids is 1. The molecule has 9 atom stereocenters. The number of carboxylic acid groups (broad SMARTS) is 1. The molecule has 0 bridgehead atoms. The van der Waals surface area contributed by atoms with Crippen molar-refractivity contribution in [2.45, 2.75) is 112 Å². The van der Waals surface area contributed by atoms with E-state index in [9.17, 15) is 19.8 Å². The van der Waals surface area contributed by atoms with Crippen LogP contribution in [-0.2, 0) is 9.59 Å². The Kier molecular flexibility index (Phi) is 5.04. The van der Waals surface area contributed by atoms with Crippen LogP contribution in [0.1, 0.15) is 106 Å². The molecule has 0 aromatic carbocycles. The lowest BCUT2D eigenvalue weighted by atomic mass is 9.33. The predicted molar refractivity (Wildman–Crippen MR) is 133 cm³/mol. The van der Waals surface area contributed by atoms with E-state index in [2.05, 4.69) is 41.5 Å². The Bertz CT molecular complexity index is 965. The molecule has 4 saturated carbocycles. The highest BCUT2D eigenvalue weighted by Crippen LogP contribution is 2.75. The van der Waals surface area contributed by atoms with Crippen LogP contribution in [0.4, 0.5) is 0 Å². The molecule has 0 amide bonds. The third kappa shape index (κ3) is 2.81. The number of aliphatic carboxylic acids is 1. The Labute approximate surface area is 206 Å². The Morgan fingerprint density at radius 1 is 0.912 bits per heavy atom. The van der Waals surface area contributed by atoms with Gasteiger partial charge >= 0.3 is 5.97 Å². The summed E-state index contributed by atoms with van der Waals surface area (Å²) in [7, 11) is 0. The Morgan fingerprint density at radius 3 is 2.21 bits per heavy atom. The third-order valence-electron chi connectivity index (χ3n) is 13.1. The van der Waals surface area contributed by atoms with E-state index in [0.717, 1.165) is 51.4 Å². The Morgan fingerprint density at radius 2 is 1.56 bits per heavy atom. The zero-order valence-corrected chi connectivity index (χ0v) is 22.5. The summed E-state index contributed by atoms with van der Waals surface area (Å²) in [5.74, 6) is 0.0603. The molecule has 4 fully saturated rings. The molecule has 0 saturated heterocycles. The van der Waals surface area contributed by atoms with E-state index in [1.54, 1.807) is 0 Å². The predicted octanol–water partition coefficient (Wildman–Crippen LogP) is 6.41. The first-order valence-electron chi connectivity index (χ1n) is 13.7. The number of carbonyl (C=O) groups excluding carboxylic acids is 1. The van der Waals surface area contributed by atoms with Crippen molar-refractivity contribution in [1.82, 2.24) is 0 Å². The second kappa shape index (κ2) is 6.99. The number of hydrogen-bond donors (Lipinski definition) is 2. The average Bonchev–Trinajstić information content (AvgIpc) is 2.73. The van der Waals surface area contributed by atoms with Gasteiger partial charge in [0.25, 0.3) is 0 Å². The maximum atomic E-state index is 14.2. The van der Waals surface area contributed by atoms with E-state index in [4.69, 9.17) is 0 Å². The van der Waals surface area contributed by atoms with Crippen LogP contribution in [0.2, 0.25) is 0 Å². The molecule has 0 heterocycles. The number of aliphatic hydroxyl groups is 1. The molecular weight excluding hydrogens is 424 g/mol. The van der Waals surface area contributed by atoms with E-state index in [1.807, 2.05) is 13.0 Å². The Hall–Kier alpha value is -1.16. The van der Waals surface area contributed by atoms with E-state index < -0.39 is 11.4 Å². The van der Waals surface area contributed by atoms with Gasteiger partial charge in [-0.1, -0.05) is 47.1 Å². The fourth-order valence-electron chi connectivity index (χ4n) is 10.4. The molecule has 0 aliphatic heterocycles. The summed E-state index contributed by atoms with van der Waals surface area (Å²) in [6.45, 7) is 15.8. The van der Waals surface area contributed by atoms with Gasteiger partial charge in [0.2, 0.25) is 0 Å². The lowest BCUT2D eigenvalue weighted by Gasteiger charge is -2.70. The van der Waals surface area contributed by atoms with Crippen molar-refractivity contribution < 1.29 is 19.8 Å². The number of carbonyl (C=O) groups is 2. The van der Waals surface area contributed by atoms with Crippen LogP contribution in [0.5, 0.6) is 0 Å². The van der Waals surface area contributed by atoms with Crippen LogP contribution in [0.3, 0.4) is 0 Å². The normalized spacial score (nSPS) is 54.1. The summed E-state index contributed by atoms with van der Waals surface area (Å²) in [5, 5.41) is 20.9. The zero-order chi connectivity index (χ0) is 25.1. The summed E-state index contributed by atoms with van der Waals surface area (Å²) in [5.41, 5.74) is 0.142. The van der Waals surface area contributed by atoms with E-state index in [1.165, 1.54) is 5.57 Å². The first-order valence-corrected chi connectivity index (χ1v) is 13.7. The Balaban J connectivity index is 1.62. The fraction of sp³-hybridized carbons (Fsp3) is 0.867. The van der Waals surface area contributed by atoms with E-state index >= 15 is 0 Å². The van der Waals surface area contributed by atoms with Crippen LogP contribution >= 0.6 is 0 Å². The SMILES string of the molecule is CC1(C(=O)O)CC[C@]2(C)CC[C@]3(C)C(=CC(=O)[C@@H]4[C@@]5(C)CC[C@H](O)C(C)(C)[C@@H]5CC[C@]43C)[C@H]2C1. The molecule has 4 heteroatoms. The first kappa shape index (κ1) is 24.5. The second-order valence-corrected chi connectivity index (χ2v) is 14.9. The van der Waals surface area contributed by atoms with Crippen molar-refractivity contribution in [2.75, 3.05) is 0 Å². The van der Waals surface area contributed by atoms with Crippen LogP contribution in [0.15, 0.2) is 11.6 Å². The molecule has 4 nitrogen and oxygen atoms in total. The van der Waals surface area contributed by atoms with Gasteiger partial charge in [-0.25, -0.2) is 0 Å². The smallest absolute Gasteiger partial charge is 0.309 e. The number of ketones is 1. The monoisotopic (exact) mass is 470 g/mol. The van der Waals surface area contributed by atoms with Gasteiger partial charge in [0.05, 0.1) is 11.5 Å². The van der Waals surface area contributed by atoms with E-state index in [0.29, 0.717) is 12.3 Å².